The van der Waals surface area contributed by atoms with Crippen LogP contribution in [0.3, 0.4) is 0 Å². The van der Waals surface area contributed by atoms with Crippen molar-refractivity contribution in [2.75, 3.05) is 47.5 Å². The Balaban J connectivity index is 1.07. The van der Waals surface area contributed by atoms with Gasteiger partial charge in [0.2, 0.25) is 0 Å². The van der Waals surface area contributed by atoms with Gasteiger partial charge in [0.25, 0.3) is 0 Å². The van der Waals surface area contributed by atoms with Crippen molar-refractivity contribution in [2.45, 2.75) is 62.4 Å². The van der Waals surface area contributed by atoms with E-state index in [4.69, 9.17) is 20.4 Å². The van der Waals surface area contributed by atoms with Crippen molar-refractivity contribution >= 4 is 34.2 Å². The molecule has 0 radical (unpaired) electrons. The lowest BCUT2D eigenvalue weighted by atomic mass is 9.46. The summed E-state index contributed by atoms with van der Waals surface area (Å²) >= 11 is 0. The molecule has 202 valence electrons. The van der Waals surface area contributed by atoms with Gasteiger partial charge in [-0.05, 0) is 38.0 Å². The Kier molecular flexibility index (Phi) is 4.68. The van der Waals surface area contributed by atoms with Crippen LogP contribution in [0.4, 0.5) is 27.4 Å². The molecule has 10 nitrogen and oxygen atoms in total. The molecule has 1 aromatic carbocycles. The highest BCUT2D eigenvalue weighted by molar-refractivity contribution is 5.91. The highest BCUT2D eigenvalue weighted by atomic mass is 19.1. The lowest BCUT2D eigenvalue weighted by molar-refractivity contribution is -0.152. The summed E-state index contributed by atoms with van der Waals surface area (Å²) < 4.78 is 20.3. The highest BCUT2D eigenvalue weighted by Gasteiger charge is 2.72. The van der Waals surface area contributed by atoms with E-state index in [2.05, 4.69) is 37.9 Å². The summed E-state index contributed by atoms with van der Waals surface area (Å²) in [4.78, 5) is 16.5. The number of rotatable bonds is 3. The van der Waals surface area contributed by atoms with E-state index in [9.17, 15) is 9.65 Å². The zero-order valence-electron chi connectivity index (χ0n) is 22.0. The molecular weight excluding hydrogens is 497 g/mol. The van der Waals surface area contributed by atoms with Crippen molar-refractivity contribution < 1.29 is 9.13 Å². The molecule has 5 fully saturated rings. The van der Waals surface area contributed by atoms with Crippen molar-refractivity contribution in [1.82, 2.24) is 20.2 Å². The number of nitrogens with two attached hydrogens (primary N) is 1. The third-order valence-electron chi connectivity index (χ3n) is 10.2. The highest BCUT2D eigenvalue weighted by Crippen LogP contribution is 2.67. The molecule has 3 aromatic rings. The van der Waals surface area contributed by atoms with E-state index in [1.54, 1.807) is 0 Å². The van der Waals surface area contributed by atoms with E-state index in [1.807, 2.05) is 24.4 Å². The first-order valence-electron chi connectivity index (χ1n) is 13.9. The fraction of sp³-hybridized carbons (Fsp3) is 0.571. The molecule has 0 unspecified atom stereocenters. The fourth-order valence-corrected chi connectivity index (χ4v) is 7.87. The molecular formula is C28H32FN9O. The van der Waals surface area contributed by atoms with Crippen molar-refractivity contribution in [1.29, 1.82) is 5.26 Å². The minimum atomic E-state index is -0.986. The van der Waals surface area contributed by atoms with Crippen LogP contribution in [0.2, 0.25) is 0 Å². The number of aromatic amines is 1. The number of ether oxygens (including phenoxy) is 1. The summed E-state index contributed by atoms with van der Waals surface area (Å²) in [6, 6.07) is 8.06. The molecule has 39 heavy (non-hydrogen) atoms. The van der Waals surface area contributed by atoms with Crippen LogP contribution >= 0.6 is 0 Å². The van der Waals surface area contributed by atoms with Crippen LogP contribution in [0.25, 0.3) is 11.2 Å². The first-order chi connectivity index (χ1) is 18.8. The smallest absolute Gasteiger partial charge is 0.183 e. The Labute approximate surface area is 225 Å². The standard InChI is InChI=1S/C28H32FN9O/c1-17-23(31)26(16-39-17)4-6-36(7-5-26)21-12-32-22-24(33-21)34-35-25(22)37-8-9-38(28-13-27(29,14-28)15-28)20-10-18(11-30)2-3-19(20)37/h2-3,10,12,17,23H,4-9,13-16,31H2,1H3,(H,33,34,35)/t17-,23+,27?,28?/m0/s1. The second-order valence-corrected chi connectivity index (χ2v) is 12.4. The third-order valence-corrected chi connectivity index (χ3v) is 10.2. The van der Waals surface area contributed by atoms with E-state index < -0.39 is 5.67 Å². The number of anilines is 4. The molecule has 2 atom stereocenters. The van der Waals surface area contributed by atoms with Crippen LogP contribution in [-0.4, -0.2) is 76.3 Å². The van der Waals surface area contributed by atoms with E-state index in [0.29, 0.717) is 42.5 Å². The predicted molar refractivity (Wildman–Crippen MR) is 145 cm³/mol. The fourth-order valence-electron chi connectivity index (χ4n) is 7.87. The van der Waals surface area contributed by atoms with Crippen molar-refractivity contribution in [2.24, 2.45) is 11.1 Å². The molecule has 9 rings (SSSR count). The Morgan fingerprint density at radius 1 is 1.15 bits per heavy atom. The minimum absolute atomic E-state index is 0.0553. The number of hydrogen-bond donors (Lipinski definition) is 2. The lowest BCUT2D eigenvalue weighted by Gasteiger charge is -2.71. The molecule has 2 aromatic heterocycles. The second-order valence-electron chi connectivity index (χ2n) is 12.4. The number of alkyl halides is 1. The van der Waals surface area contributed by atoms with E-state index in [0.717, 1.165) is 62.1 Å². The van der Waals surface area contributed by atoms with Gasteiger partial charge in [-0.15, -0.1) is 0 Å². The number of aromatic nitrogens is 4. The van der Waals surface area contributed by atoms with E-state index >= 15 is 0 Å². The van der Waals surface area contributed by atoms with Gasteiger partial charge >= 0.3 is 0 Å². The van der Waals surface area contributed by atoms with Crippen molar-refractivity contribution in [3.8, 4) is 6.07 Å². The monoisotopic (exact) mass is 529 g/mol. The van der Waals surface area contributed by atoms with Gasteiger partial charge in [0, 0.05) is 62.4 Å². The molecule has 0 amide bonds. The van der Waals surface area contributed by atoms with E-state index in [-0.39, 0.29) is 23.1 Å². The zero-order valence-corrected chi connectivity index (χ0v) is 22.0. The number of benzene rings is 1. The summed E-state index contributed by atoms with van der Waals surface area (Å²) in [5, 5.41) is 17.3. The molecule has 2 bridgehead atoms. The van der Waals surface area contributed by atoms with Gasteiger partial charge in [-0.25, -0.2) is 14.4 Å². The lowest BCUT2D eigenvalue weighted by Crippen LogP contribution is -2.78. The topological polar surface area (TPSA) is 123 Å². The predicted octanol–water partition coefficient (Wildman–Crippen LogP) is 3.16. The summed E-state index contributed by atoms with van der Waals surface area (Å²) in [5.41, 5.74) is 9.33. The van der Waals surface area contributed by atoms with Crippen LogP contribution in [-0.2, 0) is 4.74 Å². The number of halogens is 1. The van der Waals surface area contributed by atoms with Crippen LogP contribution in [0, 0.1) is 16.7 Å². The number of nitrogens with zero attached hydrogens (tertiary/aromatic N) is 7. The van der Waals surface area contributed by atoms with Gasteiger partial charge in [-0.1, -0.05) is 0 Å². The average molecular weight is 530 g/mol. The van der Waals surface area contributed by atoms with Crippen molar-refractivity contribution in [3.05, 3.63) is 30.0 Å². The maximum atomic E-state index is 14.4. The number of fused-ring (bicyclic) bond motifs is 2. The molecule has 3 N–H and O–H groups in total. The molecule has 5 heterocycles. The quantitative estimate of drug-likeness (QED) is 0.527. The molecule has 6 aliphatic rings. The molecule has 11 heteroatoms. The second kappa shape index (κ2) is 7.79. The van der Waals surface area contributed by atoms with E-state index in [1.165, 1.54) is 0 Å². The molecule has 3 aliphatic carbocycles. The Morgan fingerprint density at radius 2 is 1.95 bits per heavy atom. The maximum absolute atomic E-state index is 14.4. The maximum Gasteiger partial charge on any atom is 0.183 e. The largest absolute Gasteiger partial charge is 0.376 e. The number of hydrogen-bond acceptors (Lipinski definition) is 9. The number of piperidine rings is 1. The normalized spacial score (nSPS) is 32.6. The van der Waals surface area contributed by atoms with Crippen LogP contribution < -0.4 is 20.4 Å². The minimum Gasteiger partial charge on any atom is -0.376 e. The van der Waals surface area contributed by atoms with Crippen molar-refractivity contribution in [3.63, 3.8) is 0 Å². The molecule has 1 spiro atoms. The average Bonchev–Trinajstić information content (AvgIpc) is 3.47. The summed E-state index contributed by atoms with van der Waals surface area (Å²) in [5.74, 6) is 1.55. The van der Waals surface area contributed by atoms with Crippen LogP contribution in [0.1, 0.15) is 44.6 Å². The van der Waals surface area contributed by atoms with Gasteiger partial charge in [0.05, 0.1) is 41.9 Å². The Hall–Kier alpha value is -3.49. The van der Waals surface area contributed by atoms with Gasteiger partial charge in [0.1, 0.15) is 11.5 Å². The number of H-pyrrole nitrogens is 1. The van der Waals surface area contributed by atoms with Gasteiger partial charge in [-0.2, -0.15) is 10.4 Å². The van der Waals surface area contributed by atoms with Gasteiger partial charge in [0.15, 0.2) is 17.0 Å². The van der Waals surface area contributed by atoms with Gasteiger partial charge < -0.3 is 25.2 Å². The third kappa shape index (κ3) is 3.22. The summed E-state index contributed by atoms with van der Waals surface area (Å²) in [6.45, 7) is 5.96. The number of nitrogens with one attached hydrogen (secondary N) is 1. The Morgan fingerprint density at radius 3 is 2.64 bits per heavy atom. The van der Waals surface area contributed by atoms with Crippen LogP contribution in [0.5, 0.6) is 0 Å². The first-order valence-corrected chi connectivity index (χ1v) is 13.9. The zero-order chi connectivity index (χ0) is 26.6. The molecule has 3 saturated carbocycles. The molecule has 3 aliphatic heterocycles. The summed E-state index contributed by atoms with van der Waals surface area (Å²) in [6.07, 6.45) is 5.62. The molecule has 2 saturated heterocycles. The Bertz CT molecular complexity index is 1500. The number of nitriles is 1. The van der Waals surface area contributed by atoms with Gasteiger partial charge in [-0.3, -0.25) is 5.10 Å². The SMILES string of the molecule is C[C@@H]1OCC2(CCN(c3cnc4c(N5CCN(C67CC(F)(C6)C7)c6cc(C#N)ccc65)n[nH]c4n3)CC2)[C@@H]1N. The van der Waals surface area contributed by atoms with Crippen LogP contribution in [0.15, 0.2) is 24.4 Å². The summed E-state index contributed by atoms with van der Waals surface area (Å²) in [7, 11) is 0. The first kappa shape index (κ1) is 23.4.